The van der Waals surface area contributed by atoms with E-state index < -0.39 is 118 Å². The minimum atomic E-state index is -2.09. The van der Waals surface area contributed by atoms with Crippen molar-refractivity contribution < 1.29 is 62.3 Å². The van der Waals surface area contributed by atoms with Crippen LogP contribution in [0.2, 0.25) is 0 Å². The summed E-state index contributed by atoms with van der Waals surface area (Å²) in [6.07, 6.45) is -6.23. The third-order valence-electron chi connectivity index (χ3n) is 12.6. The van der Waals surface area contributed by atoms with E-state index in [2.05, 4.69) is 0 Å². The summed E-state index contributed by atoms with van der Waals surface area (Å²) in [4.78, 5) is 83.3. The van der Waals surface area contributed by atoms with Crippen molar-refractivity contribution in [1.29, 1.82) is 0 Å². The van der Waals surface area contributed by atoms with E-state index in [1.165, 1.54) is 31.2 Å². The average Bonchev–Trinajstić information content (AvgIpc) is 3.55. The zero-order chi connectivity index (χ0) is 39.0. The molecule has 5 aliphatic rings. The fraction of sp³-hybridized carbons (Fsp3) is 0.561. The van der Waals surface area contributed by atoms with Gasteiger partial charge in [-0.2, -0.15) is 0 Å². The quantitative estimate of drug-likeness (QED) is 0.318. The summed E-state index contributed by atoms with van der Waals surface area (Å²) < 4.78 is 37.5. The number of hydrogen-bond acceptors (Lipinski definition) is 13. The summed E-state index contributed by atoms with van der Waals surface area (Å²) in [5.74, 6) is -9.08. The van der Waals surface area contributed by atoms with Crippen LogP contribution >= 0.6 is 0 Å². The summed E-state index contributed by atoms with van der Waals surface area (Å²) in [5, 5.41) is 13.2. The standard InChI is InChI=1S/C41H46O13/c1-7-26(43)51-37-39(6)32-28-25(18-27(44)54-38(28,4)5)31(52-35(46)23-14-10-8-11-15-23)33(45)40(32,20-49-39)34(53-36(47)24-16-12-9-13-17-24)29-30(50-22(3)42)21(2)19-41(29,37)48/h8-17,21,25,28-32,34,37,48H,7,18-20H2,1-6H3/t21-,25?,28+,29?,30?,31-,32-,34-,37+,39-,40?,41+/m0/s1. The van der Waals surface area contributed by atoms with Crippen LogP contribution in [-0.2, 0) is 47.6 Å². The highest BCUT2D eigenvalue weighted by molar-refractivity contribution is 5.98. The van der Waals surface area contributed by atoms with Crippen LogP contribution in [0.1, 0.15) is 81.5 Å². The molecule has 0 spiro atoms. The summed E-state index contributed by atoms with van der Waals surface area (Å²) in [7, 11) is 0. The molecule has 3 saturated carbocycles. The van der Waals surface area contributed by atoms with E-state index in [1.807, 2.05) is 0 Å². The lowest BCUT2D eigenvalue weighted by Gasteiger charge is -2.58. The number of fused-ring (bicyclic) bond motifs is 2. The third kappa shape index (κ3) is 5.64. The SMILES string of the molecule is CCC(=O)O[C@@H]1[C@@]2(C)OCC3(C(=O)[C@@H](OC(=O)c4ccccc4)C4CC(=O)OC(C)(C)[C@H]4[C@H]32)[C@@H](OC(=O)c2ccccc2)C2C(OC(C)=O)[C@@H](C)C[C@@]21O. The Morgan fingerprint density at radius 3 is 2.02 bits per heavy atom. The maximum atomic E-state index is 15.8. The Morgan fingerprint density at radius 2 is 1.44 bits per heavy atom. The predicted molar refractivity (Wildman–Crippen MR) is 186 cm³/mol. The average molecular weight is 747 g/mol. The Morgan fingerprint density at radius 1 is 0.852 bits per heavy atom. The molecule has 5 fully saturated rings. The number of carbonyl (C=O) groups excluding carboxylic acids is 6. The molecule has 2 aliphatic heterocycles. The van der Waals surface area contributed by atoms with Crippen molar-refractivity contribution in [2.45, 2.75) is 102 Å². The second-order valence-corrected chi connectivity index (χ2v) is 16.2. The monoisotopic (exact) mass is 746 g/mol. The number of rotatable bonds is 7. The number of aliphatic hydroxyl groups is 1. The number of hydrogen-bond donors (Lipinski definition) is 1. The number of carbonyl (C=O) groups is 6. The van der Waals surface area contributed by atoms with E-state index in [-0.39, 0.29) is 30.4 Å². The lowest BCUT2D eigenvalue weighted by atomic mass is 9.47. The molecule has 3 aliphatic carbocycles. The molecule has 2 aromatic carbocycles. The van der Waals surface area contributed by atoms with Gasteiger partial charge in [0.1, 0.15) is 29.0 Å². The van der Waals surface area contributed by atoms with Crippen LogP contribution in [0.3, 0.4) is 0 Å². The molecule has 0 amide bonds. The van der Waals surface area contributed by atoms with Crippen molar-refractivity contribution in [2.75, 3.05) is 6.61 Å². The van der Waals surface area contributed by atoms with Crippen LogP contribution < -0.4 is 0 Å². The Hall–Kier alpha value is -4.62. The van der Waals surface area contributed by atoms with Gasteiger partial charge in [-0.1, -0.05) is 50.2 Å². The number of cyclic esters (lactones) is 1. The minimum absolute atomic E-state index is 0.0654. The Balaban J connectivity index is 1.51. The molecular weight excluding hydrogens is 700 g/mol. The van der Waals surface area contributed by atoms with Crippen LogP contribution in [0.4, 0.5) is 0 Å². The van der Waals surface area contributed by atoms with E-state index in [9.17, 15) is 29.1 Å². The van der Waals surface area contributed by atoms with E-state index in [4.69, 9.17) is 28.4 Å². The maximum absolute atomic E-state index is 15.8. The van der Waals surface area contributed by atoms with Crippen LogP contribution in [0.25, 0.3) is 0 Å². The molecule has 13 heteroatoms. The van der Waals surface area contributed by atoms with Gasteiger partial charge in [-0.05, 0) is 57.4 Å². The zero-order valence-electron chi connectivity index (χ0n) is 31.1. The highest BCUT2D eigenvalue weighted by Crippen LogP contribution is 2.70. The van der Waals surface area contributed by atoms with Crippen LogP contribution in [0.5, 0.6) is 0 Å². The molecule has 2 bridgehead atoms. The van der Waals surface area contributed by atoms with Gasteiger partial charge in [0.15, 0.2) is 18.0 Å². The van der Waals surface area contributed by atoms with Crippen LogP contribution in [-0.4, -0.2) is 88.6 Å². The number of esters is 5. The molecule has 13 nitrogen and oxygen atoms in total. The van der Waals surface area contributed by atoms with Crippen molar-refractivity contribution in [1.82, 2.24) is 0 Å². The highest BCUT2D eigenvalue weighted by Gasteiger charge is 2.84. The number of benzene rings is 2. The minimum Gasteiger partial charge on any atom is -0.462 e. The normalized spacial score (nSPS) is 38.8. The van der Waals surface area contributed by atoms with Gasteiger partial charge in [0, 0.05) is 31.1 Å². The Labute approximate surface area is 312 Å². The van der Waals surface area contributed by atoms with Crippen molar-refractivity contribution in [3.63, 3.8) is 0 Å². The summed E-state index contributed by atoms with van der Waals surface area (Å²) in [5.41, 5.74) is -6.72. The topological polar surface area (TPSA) is 178 Å². The van der Waals surface area contributed by atoms with Crippen molar-refractivity contribution in [3.8, 4) is 0 Å². The van der Waals surface area contributed by atoms with Crippen molar-refractivity contribution in [2.24, 2.45) is 35.0 Å². The van der Waals surface area contributed by atoms with Crippen LogP contribution in [0, 0.1) is 35.0 Å². The van der Waals surface area contributed by atoms with Gasteiger partial charge in [0.05, 0.1) is 35.5 Å². The molecule has 12 atom stereocenters. The van der Waals surface area contributed by atoms with E-state index in [1.54, 1.807) is 71.0 Å². The molecule has 54 heavy (non-hydrogen) atoms. The van der Waals surface area contributed by atoms with Crippen molar-refractivity contribution >= 4 is 35.6 Å². The van der Waals surface area contributed by atoms with E-state index >= 15 is 4.79 Å². The van der Waals surface area contributed by atoms with Gasteiger partial charge in [-0.15, -0.1) is 0 Å². The molecule has 2 heterocycles. The lowest BCUT2D eigenvalue weighted by molar-refractivity contribution is -0.237. The zero-order valence-corrected chi connectivity index (χ0v) is 31.1. The van der Waals surface area contributed by atoms with Gasteiger partial charge in [0.25, 0.3) is 0 Å². The fourth-order valence-electron chi connectivity index (χ4n) is 10.7. The van der Waals surface area contributed by atoms with E-state index in [0.29, 0.717) is 0 Å². The smallest absolute Gasteiger partial charge is 0.338 e. The van der Waals surface area contributed by atoms with Gasteiger partial charge in [-0.25, -0.2) is 9.59 Å². The molecule has 7 rings (SSSR count). The number of Topliss-reactive ketones (excluding diaryl/α,β-unsaturated/α-hetero) is 1. The third-order valence-corrected chi connectivity index (χ3v) is 12.6. The molecule has 0 radical (unpaired) electrons. The molecular formula is C41H46O13. The fourth-order valence-corrected chi connectivity index (χ4v) is 10.7. The number of ether oxygens (including phenoxy) is 6. The predicted octanol–water partition coefficient (Wildman–Crippen LogP) is 4.02. The molecule has 2 aromatic rings. The second-order valence-electron chi connectivity index (χ2n) is 16.2. The van der Waals surface area contributed by atoms with Gasteiger partial charge in [-0.3, -0.25) is 19.2 Å². The number of ketones is 1. The van der Waals surface area contributed by atoms with Gasteiger partial charge >= 0.3 is 29.8 Å². The lowest BCUT2D eigenvalue weighted by Crippen LogP contribution is -2.71. The molecule has 2 saturated heterocycles. The first-order valence-corrected chi connectivity index (χ1v) is 18.5. The molecule has 0 aromatic heterocycles. The summed E-state index contributed by atoms with van der Waals surface area (Å²) in [6, 6.07) is 16.2. The first-order chi connectivity index (χ1) is 25.5. The Bertz CT molecular complexity index is 1860. The first-order valence-electron chi connectivity index (χ1n) is 18.5. The second kappa shape index (κ2) is 13.3. The molecule has 1 N–H and O–H groups in total. The largest absolute Gasteiger partial charge is 0.462 e. The van der Waals surface area contributed by atoms with Crippen molar-refractivity contribution in [3.05, 3.63) is 71.8 Å². The summed E-state index contributed by atoms with van der Waals surface area (Å²) in [6.45, 7) is 9.18. The van der Waals surface area contributed by atoms with Crippen LogP contribution in [0.15, 0.2) is 60.7 Å². The molecule has 288 valence electrons. The maximum Gasteiger partial charge on any atom is 0.338 e. The van der Waals surface area contributed by atoms with E-state index in [0.717, 1.165) is 0 Å². The highest BCUT2D eigenvalue weighted by atomic mass is 16.6. The van der Waals surface area contributed by atoms with Gasteiger partial charge < -0.3 is 33.5 Å². The summed E-state index contributed by atoms with van der Waals surface area (Å²) >= 11 is 0. The Kier molecular flexibility index (Phi) is 9.28. The first kappa shape index (κ1) is 37.7. The van der Waals surface area contributed by atoms with Gasteiger partial charge in [0.2, 0.25) is 0 Å². The molecule has 4 unspecified atom stereocenters.